The molecule has 1 atom stereocenters. The van der Waals surface area contributed by atoms with Gasteiger partial charge in [0.25, 0.3) is 10.1 Å². The van der Waals surface area contributed by atoms with Crippen molar-refractivity contribution in [3.63, 3.8) is 0 Å². The predicted octanol–water partition coefficient (Wildman–Crippen LogP) is -0.234. The van der Waals surface area contributed by atoms with Crippen LogP contribution in [0.5, 0.6) is 0 Å². The topological polar surface area (TPSA) is 78.9 Å². The number of carbonyl (C=O) groups excluding carboxylic acids is 1. The van der Waals surface area contributed by atoms with Crippen LogP contribution in [0.3, 0.4) is 0 Å². The van der Waals surface area contributed by atoms with Gasteiger partial charge in [0.2, 0.25) is 0 Å². The third-order valence-electron chi connectivity index (χ3n) is 1.40. The van der Waals surface area contributed by atoms with Crippen LogP contribution in [0.1, 0.15) is 6.92 Å². The molecule has 1 rings (SSSR count). The van der Waals surface area contributed by atoms with Crippen LogP contribution < -0.4 is 0 Å². The average Bonchev–Trinajstić information content (AvgIpc) is 2.12. The highest BCUT2D eigenvalue weighted by atomic mass is 32.2. The standard InChI is InChI=1S/C7H10O6S/c1-5-4-14(9,10)13-12-6(2)3-11-7(5)8/h6H,1,3-4H2,2H3. The minimum absolute atomic E-state index is 0.0760. The Hall–Kier alpha value is -0.920. The summed E-state index contributed by atoms with van der Waals surface area (Å²) < 4.78 is 31.0. The SMILES string of the molecule is C=C1CS(=O)(=O)OOC(C)COC1=O. The third-order valence-corrected chi connectivity index (χ3v) is 2.38. The second-order valence-electron chi connectivity index (χ2n) is 2.88. The lowest BCUT2D eigenvalue weighted by molar-refractivity contribution is -0.243. The molecule has 6 nitrogen and oxygen atoms in total. The van der Waals surface area contributed by atoms with E-state index < -0.39 is 27.9 Å². The van der Waals surface area contributed by atoms with E-state index in [0.717, 1.165) is 0 Å². The zero-order chi connectivity index (χ0) is 10.8. The summed E-state index contributed by atoms with van der Waals surface area (Å²) >= 11 is 0. The van der Waals surface area contributed by atoms with E-state index in [2.05, 4.69) is 20.5 Å². The lowest BCUT2D eigenvalue weighted by Crippen LogP contribution is -2.18. The summed E-state index contributed by atoms with van der Waals surface area (Å²) in [5.74, 6) is -1.38. The molecular formula is C7H10O6S. The first-order valence-electron chi connectivity index (χ1n) is 3.83. The summed E-state index contributed by atoms with van der Waals surface area (Å²) in [6.45, 7) is 4.70. The summed E-state index contributed by atoms with van der Waals surface area (Å²) in [4.78, 5) is 15.5. The lowest BCUT2D eigenvalue weighted by atomic mass is 10.3. The van der Waals surface area contributed by atoms with Crippen LogP contribution in [0.4, 0.5) is 0 Å². The van der Waals surface area contributed by atoms with Crippen LogP contribution in [0.2, 0.25) is 0 Å². The highest BCUT2D eigenvalue weighted by Crippen LogP contribution is 2.09. The van der Waals surface area contributed by atoms with Crippen molar-refractivity contribution < 1.29 is 27.2 Å². The van der Waals surface area contributed by atoms with Gasteiger partial charge in [-0.25, -0.2) is 9.68 Å². The van der Waals surface area contributed by atoms with Gasteiger partial charge in [0.05, 0.1) is 0 Å². The van der Waals surface area contributed by atoms with Crippen LogP contribution in [-0.4, -0.2) is 32.9 Å². The van der Waals surface area contributed by atoms with Gasteiger partial charge in [0.1, 0.15) is 18.5 Å². The Morgan fingerprint density at radius 1 is 1.50 bits per heavy atom. The molecule has 1 fully saturated rings. The molecule has 0 aromatic heterocycles. The molecule has 0 aliphatic carbocycles. The first-order chi connectivity index (χ1) is 6.41. The zero-order valence-corrected chi connectivity index (χ0v) is 8.37. The van der Waals surface area contributed by atoms with Gasteiger partial charge in [-0.3, -0.25) is 0 Å². The van der Waals surface area contributed by atoms with Crippen molar-refractivity contribution in [2.24, 2.45) is 0 Å². The fourth-order valence-electron chi connectivity index (χ4n) is 0.746. The van der Waals surface area contributed by atoms with E-state index in [-0.39, 0.29) is 12.2 Å². The summed E-state index contributed by atoms with van der Waals surface area (Å²) in [6.07, 6.45) is -0.639. The number of rotatable bonds is 0. The number of hydrogen-bond donors (Lipinski definition) is 0. The van der Waals surface area contributed by atoms with Crippen LogP contribution >= 0.6 is 0 Å². The molecule has 0 amide bonds. The minimum atomic E-state index is -3.90. The first-order valence-corrected chi connectivity index (χ1v) is 5.41. The number of carbonyl (C=O) groups is 1. The maximum atomic E-state index is 11.1. The van der Waals surface area contributed by atoms with Crippen molar-refractivity contribution in [2.75, 3.05) is 12.4 Å². The molecule has 1 heterocycles. The van der Waals surface area contributed by atoms with Crippen molar-refractivity contribution in [1.29, 1.82) is 0 Å². The van der Waals surface area contributed by atoms with Gasteiger partial charge in [-0.05, 0) is 6.92 Å². The normalized spacial score (nSPS) is 28.5. The molecular weight excluding hydrogens is 212 g/mol. The van der Waals surface area contributed by atoms with Crippen LogP contribution in [0.15, 0.2) is 12.2 Å². The lowest BCUT2D eigenvalue weighted by Gasteiger charge is -2.07. The molecule has 0 spiro atoms. The van der Waals surface area contributed by atoms with E-state index in [4.69, 9.17) is 0 Å². The number of ether oxygens (including phenoxy) is 1. The fraction of sp³-hybridized carbons (Fsp3) is 0.571. The second kappa shape index (κ2) is 4.07. The Morgan fingerprint density at radius 2 is 2.14 bits per heavy atom. The van der Waals surface area contributed by atoms with Crippen molar-refractivity contribution >= 4 is 16.1 Å². The molecule has 80 valence electrons. The van der Waals surface area contributed by atoms with Gasteiger partial charge in [0, 0.05) is 5.57 Å². The van der Waals surface area contributed by atoms with Gasteiger partial charge in [-0.15, -0.1) is 4.33 Å². The quantitative estimate of drug-likeness (QED) is 0.320. The van der Waals surface area contributed by atoms with Gasteiger partial charge in [-0.1, -0.05) is 6.58 Å². The van der Waals surface area contributed by atoms with Gasteiger partial charge < -0.3 is 4.74 Å². The third kappa shape index (κ3) is 3.09. The summed E-state index contributed by atoms with van der Waals surface area (Å²) in [5.41, 5.74) is -0.178. The average molecular weight is 222 g/mol. The molecule has 1 aliphatic rings. The molecule has 0 bridgehead atoms. The van der Waals surface area contributed by atoms with E-state index in [1.165, 1.54) is 6.92 Å². The van der Waals surface area contributed by atoms with E-state index >= 15 is 0 Å². The van der Waals surface area contributed by atoms with E-state index in [9.17, 15) is 13.2 Å². The summed E-state index contributed by atoms with van der Waals surface area (Å²) in [5, 5.41) is 0. The van der Waals surface area contributed by atoms with E-state index in [1.807, 2.05) is 0 Å². The number of cyclic esters (lactones) is 1. The van der Waals surface area contributed by atoms with Crippen molar-refractivity contribution in [3.05, 3.63) is 12.2 Å². The molecule has 0 radical (unpaired) electrons. The largest absolute Gasteiger partial charge is 0.459 e. The molecule has 1 saturated heterocycles. The van der Waals surface area contributed by atoms with Crippen LogP contribution in [0.25, 0.3) is 0 Å². The zero-order valence-electron chi connectivity index (χ0n) is 7.56. The Morgan fingerprint density at radius 3 is 2.79 bits per heavy atom. The number of hydrogen-bond acceptors (Lipinski definition) is 6. The smallest absolute Gasteiger partial charge is 0.334 e. The maximum absolute atomic E-state index is 11.1. The minimum Gasteiger partial charge on any atom is -0.459 e. The summed E-state index contributed by atoms with van der Waals surface area (Å²) in [6, 6.07) is 0. The Labute approximate surface area is 81.5 Å². The highest BCUT2D eigenvalue weighted by Gasteiger charge is 2.24. The molecule has 0 N–H and O–H groups in total. The second-order valence-corrected chi connectivity index (χ2v) is 4.42. The predicted molar refractivity (Wildman–Crippen MR) is 45.5 cm³/mol. The maximum Gasteiger partial charge on any atom is 0.334 e. The molecule has 0 aromatic carbocycles. The Bertz CT molecular complexity index is 343. The van der Waals surface area contributed by atoms with Crippen molar-refractivity contribution in [3.8, 4) is 0 Å². The molecule has 0 saturated carbocycles. The molecule has 7 heteroatoms. The number of esters is 1. The van der Waals surface area contributed by atoms with Crippen LogP contribution in [-0.2, 0) is 28.9 Å². The molecule has 0 aromatic rings. The van der Waals surface area contributed by atoms with Gasteiger partial charge >= 0.3 is 5.97 Å². The highest BCUT2D eigenvalue weighted by molar-refractivity contribution is 7.86. The van der Waals surface area contributed by atoms with Gasteiger partial charge in [-0.2, -0.15) is 8.42 Å². The Balaban J connectivity index is 2.83. The van der Waals surface area contributed by atoms with Crippen molar-refractivity contribution in [1.82, 2.24) is 0 Å². The molecule has 1 unspecified atom stereocenters. The summed E-state index contributed by atoms with van der Waals surface area (Å²) in [7, 11) is -3.90. The first kappa shape index (κ1) is 11.2. The monoisotopic (exact) mass is 222 g/mol. The van der Waals surface area contributed by atoms with E-state index in [1.54, 1.807) is 0 Å². The van der Waals surface area contributed by atoms with Crippen molar-refractivity contribution in [2.45, 2.75) is 13.0 Å². The fourth-order valence-corrected chi connectivity index (χ4v) is 1.59. The molecule has 1 aliphatic heterocycles. The Kier molecular flexibility index (Phi) is 3.25. The van der Waals surface area contributed by atoms with E-state index in [0.29, 0.717) is 0 Å². The van der Waals surface area contributed by atoms with Crippen LogP contribution in [0, 0.1) is 0 Å². The molecule has 14 heavy (non-hydrogen) atoms. The van der Waals surface area contributed by atoms with Gasteiger partial charge in [0.15, 0.2) is 0 Å².